The van der Waals surface area contributed by atoms with Gasteiger partial charge in [-0.25, -0.2) is 8.42 Å². The van der Waals surface area contributed by atoms with Crippen LogP contribution < -0.4 is 4.72 Å². The average Bonchev–Trinajstić information content (AvgIpc) is 2.63. The van der Waals surface area contributed by atoms with E-state index in [9.17, 15) is 18.0 Å². The van der Waals surface area contributed by atoms with Crippen LogP contribution in [0.15, 0.2) is 35.2 Å². The molecule has 1 atom stereocenters. The van der Waals surface area contributed by atoms with Gasteiger partial charge in [0.2, 0.25) is 15.9 Å². The summed E-state index contributed by atoms with van der Waals surface area (Å²) in [6, 6.07) is 6.86. The van der Waals surface area contributed by atoms with Gasteiger partial charge in [-0.05, 0) is 31.4 Å². The van der Waals surface area contributed by atoms with Crippen molar-refractivity contribution >= 4 is 21.9 Å². The standard InChI is InChI=1S/C14H18N2O5S/c17-13(18)10-16-9-5-4-8-12(14(16)19)15-22(20,21)11-6-2-1-3-7-11/h1-3,6-7,12,15H,4-5,8-10H2,(H,17,18)/t12-/m0/s1. The van der Waals surface area contributed by atoms with Gasteiger partial charge in [-0.3, -0.25) is 9.59 Å². The zero-order chi connectivity index (χ0) is 16.2. The van der Waals surface area contributed by atoms with Gasteiger partial charge in [-0.2, -0.15) is 4.72 Å². The number of carbonyl (C=O) groups excluding carboxylic acids is 1. The zero-order valence-electron chi connectivity index (χ0n) is 11.9. The molecule has 8 heteroatoms. The topological polar surface area (TPSA) is 104 Å². The molecule has 1 heterocycles. The highest BCUT2D eigenvalue weighted by molar-refractivity contribution is 7.89. The number of hydrogen-bond donors (Lipinski definition) is 2. The summed E-state index contributed by atoms with van der Waals surface area (Å²) in [5.41, 5.74) is 0. The molecule has 0 aliphatic carbocycles. The average molecular weight is 326 g/mol. The van der Waals surface area contributed by atoms with Gasteiger partial charge in [0.15, 0.2) is 0 Å². The Kier molecular flexibility index (Phi) is 5.15. The largest absolute Gasteiger partial charge is 0.480 e. The second-order valence-electron chi connectivity index (χ2n) is 5.14. The summed E-state index contributed by atoms with van der Waals surface area (Å²) in [7, 11) is -3.81. The maximum atomic E-state index is 12.3. The molecule has 0 unspecified atom stereocenters. The first-order valence-electron chi connectivity index (χ1n) is 6.98. The predicted molar refractivity (Wildman–Crippen MR) is 78.6 cm³/mol. The molecule has 1 aromatic carbocycles. The third kappa shape index (κ3) is 4.05. The number of nitrogens with zero attached hydrogens (tertiary/aromatic N) is 1. The van der Waals surface area contributed by atoms with Crippen molar-refractivity contribution in [2.75, 3.05) is 13.1 Å². The minimum absolute atomic E-state index is 0.0804. The molecule has 0 aromatic heterocycles. The number of benzene rings is 1. The SMILES string of the molecule is O=C(O)CN1CCCC[C@H](NS(=O)(=O)c2ccccc2)C1=O. The number of rotatable bonds is 5. The maximum Gasteiger partial charge on any atom is 0.323 e. The fourth-order valence-electron chi connectivity index (χ4n) is 2.39. The Morgan fingerprint density at radius 1 is 1.27 bits per heavy atom. The highest BCUT2D eigenvalue weighted by atomic mass is 32.2. The second kappa shape index (κ2) is 6.89. The van der Waals surface area contributed by atoms with E-state index in [1.54, 1.807) is 18.2 Å². The van der Waals surface area contributed by atoms with Gasteiger partial charge in [-0.1, -0.05) is 18.2 Å². The minimum Gasteiger partial charge on any atom is -0.480 e. The number of sulfonamides is 1. The van der Waals surface area contributed by atoms with E-state index in [2.05, 4.69) is 4.72 Å². The monoisotopic (exact) mass is 326 g/mol. The molecular weight excluding hydrogens is 308 g/mol. The quantitative estimate of drug-likeness (QED) is 0.816. The molecule has 120 valence electrons. The van der Waals surface area contributed by atoms with E-state index in [1.165, 1.54) is 17.0 Å². The fraction of sp³-hybridized carbons (Fsp3) is 0.429. The molecule has 0 spiro atoms. The molecule has 0 bridgehead atoms. The highest BCUT2D eigenvalue weighted by Gasteiger charge is 2.31. The Morgan fingerprint density at radius 3 is 2.59 bits per heavy atom. The smallest absolute Gasteiger partial charge is 0.323 e. The molecule has 1 aliphatic rings. The second-order valence-corrected chi connectivity index (χ2v) is 6.85. The molecule has 1 fully saturated rings. The first-order chi connectivity index (χ1) is 10.4. The van der Waals surface area contributed by atoms with E-state index < -0.39 is 34.5 Å². The van der Waals surface area contributed by atoms with Crippen molar-refractivity contribution in [3.05, 3.63) is 30.3 Å². The fourth-order valence-corrected chi connectivity index (χ4v) is 3.63. The van der Waals surface area contributed by atoms with Crippen molar-refractivity contribution in [2.24, 2.45) is 0 Å². The van der Waals surface area contributed by atoms with Crippen LogP contribution in [-0.2, 0) is 19.6 Å². The maximum absolute atomic E-state index is 12.3. The summed E-state index contributed by atoms with van der Waals surface area (Å²) in [5, 5.41) is 8.84. The summed E-state index contributed by atoms with van der Waals surface area (Å²) in [6.07, 6.45) is 1.67. The van der Waals surface area contributed by atoms with E-state index in [0.29, 0.717) is 25.8 Å². The van der Waals surface area contributed by atoms with Crippen LogP contribution in [0.25, 0.3) is 0 Å². The number of amides is 1. The summed E-state index contributed by atoms with van der Waals surface area (Å²) in [5.74, 6) is -1.60. The van der Waals surface area contributed by atoms with Gasteiger partial charge < -0.3 is 10.0 Å². The lowest BCUT2D eigenvalue weighted by Crippen LogP contribution is -2.48. The van der Waals surface area contributed by atoms with Crippen molar-refractivity contribution in [3.8, 4) is 0 Å². The summed E-state index contributed by atoms with van der Waals surface area (Å²) >= 11 is 0. The van der Waals surface area contributed by atoms with Gasteiger partial charge in [0, 0.05) is 6.54 Å². The Hall–Kier alpha value is -1.93. The predicted octanol–water partition coefficient (Wildman–Crippen LogP) is 0.431. The lowest BCUT2D eigenvalue weighted by molar-refractivity contribution is -0.144. The first kappa shape index (κ1) is 16.4. The van der Waals surface area contributed by atoms with Gasteiger partial charge >= 0.3 is 5.97 Å². The summed E-state index contributed by atoms with van der Waals surface area (Å²) < 4.78 is 27.0. The van der Waals surface area contributed by atoms with Crippen LogP contribution in [0.4, 0.5) is 0 Å². The number of carbonyl (C=O) groups is 2. The van der Waals surface area contributed by atoms with Gasteiger partial charge in [-0.15, -0.1) is 0 Å². The molecular formula is C14H18N2O5S. The Bertz CT molecular complexity index is 644. The van der Waals surface area contributed by atoms with Crippen molar-refractivity contribution in [1.82, 2.24) is 9.62 Å². The van der Waals surface area contributed by atoms with Crippen molar-refractivity contribution in [3.63, 3.8) is 0 Å². The van der Waals surface area contributed by atoms with Crippen LogP contribution >= 0.6 is 0 Å². The number of aliphatic carboxylic acids is 1. The van der Waals surface area contributed by atoms with E-state index >= 15 is 0 Å². The molecule has 0 radical (unpaired) electrons. The molecule has 22 heavy (non-hydrogen) atoms. The zero-order valence-corrected chi connectivity index (χ0v) is 12.8. The molecule has 1 saturated heterocycles. The van der Waals surface area contributed by atoms with Crippen LogP contribution in [0.1, 0.15) is 19.3 Å². The van der Waals surface area contributed by atoms with E-state index in [4.69, 9.17) is 5.11 Å². The normalized spacial score (nSPS) is 19.7. The molecule has 1 aliphatic heterocycles. The number of likely N-dealkylation sites (tertiary alicyclic amines) is 1. The third-order valence-corrected chi connectivity index (χ3v) is 4.95. The lowest BCUT2D eigenvalue weighted by Gasteiger charge is -2.23. The lowest BCUT2D eigenvalue weighted by atomic mass is 10.1. The number of carboxylic acids is 1. The highest BCUT2D eigenvalue weighted by Crippen LogP contribution is 2.15. The summed E-state index contributed by atoms with van der Waals surface area (Å²) in [4.78, 5) is 24.4. The van der Waals surface area contributed by atoms with Gasteiger partial charge in [0.1, 0.15) is 12.6 Å². The van der Waals surface area contributed by atoms with Crippen molar-refractivity contribution in [1.29, 1.82) is 0 Å². The van der Waals surface area contributed by atoms with Gasteiger partial charge in [0.05, 0.1) is 4.90 Å². The van der Waals surface area contributed by atoms with E-state index in [0.717, 1.165) is 0 Å². The molecule has 7 nitrogen and oxygen atoms in total. The van der Waals surface area contributed by atoms with E-state index in [1.807, 2.05) is 0 Å². The molecule has 2 rings (SSSR count). The minimum atomic E-state index is -3.81. The molecule has 2 N–H and O–H groups in total. The molecule has 0 saturated carbocycles. The third-order valence-electron chi connectivity index (χ3n) is 3.46. The van der Waals surface area contributed by atoms with Crippen LogP contribution in [0.3, 0.4) is 0 Å². The number of hydrogen-bond acceptors (Lipinski definition) is 4. The Balaban J connectivity index is 2.16. The van der Waals surface area contributed by atoms with Crippen LogP contribution in [0, 0.1) is 0 Å². The van der Waals surface area contributed by atoms with Crippen molar-refractivity contribution < 1.29 is 23.1 Å². The Labute approximate surface area is 129 Å². The Morgan fingerprint density at radius 2 is 1.95 bits per heavy atom. The molecule has 1 aromatic rings. The molecule has 1 amide bonds. The van der Waals surface area contributed by atoms with Crippen LogP contribution in [0.5, 0.6) is 0 Å². The number of carboxylic acid groups (broad SMARTS) is 1. The number of nitrogens with one attached hydrogen (secondary N) is 1. The van der Waals surface area contributed by atoms with E-state index in [-0.39, 0.29) is 4.90 Å². The first-order valence-corrected chi connectivity index (χ1v) is 8.46. The van der Waals surface area contributed by atoms with Crippen LogP contribution in [0.2, 0.25) is 0 Å². The van der Waals surface area contributed by atoms with Crippen LogP contribution in [-0.4, -0.2) is 49.4 Å². The summed E-state index contributed by atoms with van der Waals surface area (Å²) in [6.45, 7) is -0.0862. The van der Waals surface area contributed by atoms with Gasteiger partial charge in [0.25, 0.3) is 0 Å². The van der Waals surface area contributed by atoms with Crippen molar-refractivity contribution in [2.45, 2.75) is 30.2 Å².